The summed E-state index contributed by atoms with van der Waals surface area (Å²) in [5.41, 5.74) is 3.02. The largest absolute Gasteiger partial charge is 0.468 e. The van der Waals surface area contributed by atoms with E-state index in [2.05, 4.69) is 17.1 Å². The fourth-order valence-electron chi connectivity index (χ4n) is 1.10. The molecule has 0 aromatic rings. The molecule has 0 bridgehead atoms. The second kappa shape index (κ2) is 6.86. The average Bonchev–Trinajstić information content (AvgIpc) is 2.10. The van der Waals surface area contributed by atoms with Crippen LogP contribution < -0.4 is 5.43 Å². The standard InChI is InChI=1S/C9H20N2O2/c1-5-6-7-8(9(12)13-4)10-11(2)3/h8,10H,5-7H2,1-4H3. The molecule has 0 aliphatic carbocycles. The van der Waals surface area contributed by atoms with Crippen LogP contribution >= 0.6 is 0 Å². The van der Waals surface area contributed by atoms with E-state index in [9.17, 15) is 4.79 Å². The minimum Gasteiger partial charge on any atom is -0.468 e. The number of hydrogen-bond donors (Lipinski definition) is 1. The van der Waals surface area contributed by atoms with E-state index in [1.54, 1.807) is 5.01 Å². The summed E-state index contributed by atoms with van der Waals surface area (Å²) in [6.45, 7) is 2.10. The molecule has 1 N–H and O–H groups in total. The zero-order chi connectivity index (χ0) is 10.3. The molecule has 0 aromatic heterocycles. The predicted molar refractivity (Wildman–Crippen MR) is 52.2 cm³/mol. The first-order valence-corrected chi connectivity index (χ1v) is 4.63. The third-order valence-electron chi connectivity index (χ3n) is 1.75. The fraction of sp³-hybridized carbons (Fsp3) is 0.889. The summed E-state index contributed by atoms with van der Waals surface area (Å²) < 4.78 is 4.68. The van der Waals surface area contributed by atoms with E-state index in [1.807, 2.05) is 14.1 Å². The summed E-state index contributed by atoms with van der Waals surface area (Å²) in [5.74, 6) is -0.192. The summed E-state index contributed by atoms with van der Waals surface area (Å²) in [6, 6.07) is -0.208. The topological polar surface area (TPSA) is 41.6 Å². The Balaban J connectivity index is 3.94. The molecule has 0 aliphatic rings. The second-order valence-corrected chi connectivity index (χ2v) is 3.24. The summed E-state index contributed by atoms with van der Waals surface area (Å²) in [4.78, 5) is 11.2. The van der Waals surface area contributed by atoms with Crippen LogP contribution in [0.2, 0.25) is 0 Å². The van der Waals surface area contributed by atoms with Crippen molar-refractivity contribution in [1.82, 2.24) is 10.4 Å². The number of nitrogens with zero attached hydrogens (tertiary/aromatic N) is 1. The molecule has 4 heteroatoms. The molecule has 0 amide bonds. The van der Waals surface area contributed by atoms with E-state index in [1.165, 1.54) is 7.11 Å². The highest BCUT2D eigenvalue weighted by Gasteiger charge is 2.18. The molecular weight excluding hydrogens is 168 g/mol. The lowest BCUT2D eigenvalue weighted by molar-refractivity contribution is -0.144. The Bertz CT molecular complexity index is 149. The van der Waals surface area contributed by atoms with Crippen LogP contribution in [0.3, 0.4) is 0 Å². The highest BCUT2D eigenvalue weighted by Crippen LogP contribution is 2.02. The molecule has 1 unspecified atom stereocenters. The summed E-state index contributed by atoms with van der Waals surface area (Å²) in [7, 11) is 5.14. The summed E-state index contributed by atoms with van der Waals surface area (Å²) >= 11 is 0. The maximum atomic E-state index is 11.2. The van der Waals surface area contributed by atoms with Crippen molar-refractivity contribution >= 4 is 5.97 Å². The van der Waals surface area contributed by atoms with Gasteiger partial charge in [0.15, 0.2) is 0 Å². The quantitative estimate of drug-likeness (QED) is 0.494. The van der Waals surface area contributed by atoms with Crippen LogP contribution in [0.5, 0.6) is 0 Å². The van der Waals surface area contributed by atoms with Crippen LogP contribution in [0, 0.1) is 0 Å². The monoisotopic (exact) mass is 188 g/mol. The molecular formula is C9H20N2O2. The first kappa shape index (κ1) is 12.4. The highest BCUT2D eigenvalue weighted by molar-refractivity contribution is 5.75. The van der Waals surface area contributed by atoms with Gasteiger partial charge in [-0.25, -0.2) is 10.4 Å². The number of hydrogen-bond acceptors (Lipinski definition) is 4. The van der Waals surface area contributed by atoms with E-state index < -0.39 is 0 Å². The number of carbonyl (C=O) groups excluding carboxylic acids is 1. The second-order valence-electron chi connectivity index (χ2n) is 3.24. The van der Waals surface area contributed by atoms with Gasteiger partial charge in [0.1, 0.15) is 6.04 Å². The lowest BCUT2D eigenvalue weighted by Gasteiger charge is -2.20. The molecule has 0 aliphatic heterocycles. The van der Waals surface area contributed by atoms with Gasteiger partial charge in [-0.1, -0.05) is 19.8 Å². The number of carbonyl (C=O) groups is 1. The lowest BCUT2D eigenvalue weighted by Crippen LogP contribution is -2.45. The number of hydrazine groups is 1. The predicted octanol–water partition coefficient (Wildman–Crippen LogP) is 0.784. The van der Waals surface area contributed by atoms with Crippen LogP contribution in [0.4, 0.5) is 0 Å². The molecule has 0 rings (SSSR count). The molecule has 0 fully saturated rings. The number of unbranched alkanes of at least 4 members (excludes halogenated alkanes) is 1. The molecule has 0 saturated heterocycles. The fourth-order valence-corrected chi connectivity index (χ4v) is 1.10. The lowest BCUT2D eigenvalue weighted by atomic mass is 10.1. The van der Waals surface area contributed by atoms with Gasteiger partial charge in [0, 0.05) is 14.1 Å². The van der Waals surface area contributed by atoms with E-state index in [4.69, 9.17) is 0 Å². The number of nitrogens with one attached hydrogen (secondary N) is 1. The van der Waals surface area contributed by atoms with Gasteiger partial charge in [0.05, 0.1) is 7.11 Å². The average molecular weight is 188 g/mol. The van der Waals surface area contributed by atoms with Crippen molar-refractivity contribution in [1.29, 1.82) is 0 Å². The molecule has 1 atom stereocenters. The van der Waals surface area contributed by atoms with Gasteiger partial charge in [-0.2, -0.15) is 0 Å². The van der Waals surface area contributed by atoms with Gasteiger partial charge >= 0.3 is 5.97 Å². The van der Waals surface area contributed by atoms with Gasteiger partial charge in [-0.3, -0.25) is 4.79 Å². The van der Waals surface area contributed by atoms with Crippen molar-refractivity contribution in [2.24, 2.45) is 0 Å². The first-order valence-electron chi connectivity index (χ1n) is 4.63. The molecule has 0 saturated carbocycles. The van der Waals surface area contributed by atoms with E-state index >= 15 is 0 Å². The Morgan fingerprint density at radius 3 is 2.54 bits per heavy atom. The molecule has 78 valence electrons. The van der Waals surface area contributed by atoms with Crippen molar-refractivity contribution in [2.75, 3.05) is 21.2 Å². The maximum Gasteiger partial charge on any atom is 0.324 e. The smallest absolute Gasteiger partial charge is 0.324 e. The van der Waals surface area contributed by atoms with Gasteiger partial charge < -0.3 is 4.74 Å². The molecule has 0 radical (unpaired) electrons. The van der Waals surface area contributed by atoms with E-state index in [0.29, 0.717) is 0 Å². The normalized spacial score (nSPS) is 13.0. The van der Waals surface area contributed by atoms with Crippen LogP contribution in [-0.2, 0) is 9.53 Å². The zero-order valence-electron chi connectivity index (χ0n) is 8.96. The van der Waals surface area contributed by atoms with E-state index in [-0.39, 0.29) is 12.0 Å². The Labute approximate surface area is 80.2 Å². The van der Waals surface area contributed by atoms with Crippen molar-refractivity contribution in [3.63, 3.8) is 0 Å². The van der Waals surface area contributed by atoms with Crippen molar-refractivity contribution in [3.8, 4) is 0 Å². The summed E-state index contributed by atoms with van der Waals surface area (Å²) in [5, 5.41) is 1.78. The minimum atomic E-state index is -0.208. The number of methoxy groups -OCH3 is 1. The Morgan fingerprint density at radius 1 is 1.54 bits per heavy atom. The number of esters is 1. The summed E-state index contributed by atoms with van der Waals surface area (Å²) in [6.07, 6.45) is 2.94. The van der Waals surface area contributed by atoms with Gasteiger partial charge in [0.25, 0.3) is 0 Å². The Kier molecular flexibility index (Phi) is 6.54. The van der Waals surface area contributed by atoms with Crippen LogP contribution in [0.15, 0.2) is 0 Å². The van der Waals surface area contributed by atoms with Gasteiger partial charge in [0.2, 0.25) is 0 Å². The van der Waals surface area contributed by atoms with Crippen molar-refractivity contribution in [3.05, 3.63) is 0 Å². The van der Waals surface area contributed by atoms with Gasteiger partial charge in [-0.05, 0) is 6.42 Å². The SMILES string of the molecule is CCCCC(NN(C)C)C(=O)OC. The van der Waals surface area contributed by atoms with Crippen molar-refractivity contribution < 1.29 is 9.53 Å². The molecule has 0 spiro atoms. The van der Waals surface area contributed by atoms with Gasteiger partial charge in [-0.15, -0.1) is 0 Å². The number of rotatable bonds is 6. The van der Waals surface area contributed by atoms with Crippen molar-refractivity contribution in [2.45, 2.75) is 32.2 Å². The molecule has 13 heavy (non-hydrogen) atoms. The van der Waals surface area contributed by atoms with Crippen LogP contribution in [-0.4, -0.2) is 38.2 Å². The zero-order valence-corrected chi connectivity index (χ0v) is 8.96. The number of ether oxygens (including phenoxy) is 1. The Hall–Kier alpha value is -0.610. The molecule has 4 nitrogen and oxygen atoms in total. The third-order valence-corrected chi connectivity index (χ3v) is 1.75. The van der Waals surface area contributed by atoms with Crippen LogP contribution in [0.25, 0.3) is 0 Å². The molecule has 0 aromatic carbocycles. The highest BCUT2D eigenvalue weighted by atomic mass is 16.5. The maximum absolute atomic E-state index is 11.2. The Morgan fingerprint density at radius 2 is 2.15 bits per heavy atom. The first-order chi connectivity index (χ1) is 6.11. The third kappa shape index (κ3) is 5.60. The van der Waals surface area contributed by atoms with E-state index in [0.717, 1.165) is 19.3 Å². The molecule has 0 heterocycles. The minimum absolute atomic E-state index is 0.192. The van der Waals surface area contributed by atoms with Crippen LogP contribution in [0.1, 0.15) is 26.2 Å².